The summed E-state index contributed by atoms with van der Waals surface area (Å²) >= 11 is 1.41. The number of rotatable bonds is 4. The molecule has 0 bridgehead atoms. The lowest BCUT2D eigenvalue weighted by Crippen LogP contribution is -2.19. The summed E-state index contributed by atoms with van der Waals surface area (Å²) in [5.74, 6) is 1.44. The lowest BCUT2D eigenvalue weighted by atomic mass is 10.1. The second-order valence-electron chi connectivity index (χ2n) is 5.78. The Morgan fingerprint density at radius 2 is 2.12 bits per heavy atom. The Bertz CT molecular complexity index is 740. The normalized spacial score (nSPS) is 19.2. The highest BCUT2D eigenvalue weighted by Crippen LogP contribution is 2.35. The molecule has 4 rings (SSSR count). The Balaban J connectivity index is 1.43. The minimum atomic E-state index is -0.0509. The molecule has 2 aliphatic heterocycles. The average molecular weight is 346 g/mol. The van der Waals surface area contributed by atoms with Crippen LogP contribution in [0, 0.1) is 0 Å². The Morgan fingerprint density at radius 3 is 2.96 bits per heavy atom. The van der Waals surface area contributed by atoms with Crippen LogP contribution in [0.4, 0.5) is 5.13 Å². The van der Waals surface area contributed by atoms with E-state index in [1.54, 1.807) is 0 Å². The first-order chi connectivity index (χ1) is 11.8. The topological polar surface area (TPSA) is 69.7 Å². The van der Waals surface area contributed by atoms with Crippen LogP contribution >= 0.6 is 11.3 Å². The van der Waals surface area contributed by atoms with E-state index in [0.29, 0.717) is 24.8 Å². The third-order valence-corrected chi connectivity index (χ3v) is 4.78. The Morgan fingerprint density at radius 1 is 1.25 bits per heavy atom. The maximum Gasteiger partial charge on any atom is 0.228 e. The third kappa shape index (κ3) is 3.37. The Kier molecular flexibility index (Phi) is 4.36. The summed E-state index contributed by atoms with van der Waals surface area (Å²) in [6.07, 6.45) is 2.41. The van der Waals surface area contributed by atoms with Crippen LogP contribution in [0.25, 0.3) is 11.3 Å². The van der Waals surface area contributed by atoms with Gasteiger partial charge in [0.15, 0.2) is 16.6 Å². The van der Waals surface area contributed by atoms with Crippen molar-refractivity contribution in [2.75, 3.05) is 25.1 Å². The maximum atomic E-state index is 12.0. The van der Waals surface area contributed by atoms with Crippen molar-refractivity contribution in [1.29, 1.82) is 0 Å². The number of aromatic nitrogens is 1. The zero-order valence-electron chi connectivity index (χ0n) is 13.1. The molecular weight excluding hydrogens is 328 g/mol. The Labute approximate surface area is 143 Å². The molecule has 1 aromatic carbocycles. The summed E-state index contributed by atoms with van der Waals surface area (Å²) in [7, 11) is 0. The van der Waals surface area contributed by atoms with E-state index in [-0.39, 0.29) is 12.0 Å². The molecule has 1 N–H and O–H groups in total. The third-order valence-electron chi connectivity index (χ3n) is 4.03. The molecule has 1 amide bonds. The number of amides is 1. The van der Waals surface area contributed by atoms with Crippen LogP contribution in [0.2, 0.25) is 0 Å². The molecule has 3 heterocycles. The van der Waals surface area contributed by atoms with Crippen molar-refractivity contribution in [2.45, 2.75) is 25.4 Å². The molecule has 1 fully saturated rings. The number of carbonyl (C=O) groups is 1. The number of anilines is 1. The van der Waals surface area contributed by atoms with Gasteiger partial charge in [-0.15, -0.1) is 11.3 Å². The number of ether oxygens (including phenoxy) is 3. The van der Waals surface area contributed by atoms with Gasteiger partial charge < -0.3 is 19.5 Å². The van der Waals surface area contributed by atoms with E-state index in [0.717, 1.165) is 42.2 Å². The van der Waals surface area contributed by atoms with Gasteiger partial charge in [-0.1, -0.05) is 0 Å². The van der Waals surface area contributed by atoms with E-state index in [1.165, 1.54) is 11.3 Å². The molecule has 0 spiro atoms. The fourth-order valence-corrected chi connectivity index (χ4v) is 3.58. The van der Waals surface area contributed by atoms with Crippen LogP contribution in [0.15, 0.2) is 23.6 Å². The van der Waals surface area contributed by atoms with Gasteiger partial charge in [0.1, 0.15) is 13.2 Å². The number of fused-ring (bicyclic) bond motifs is 1. The van der Waals surface area contributed by atoms with E-state index in [4.69, 9.17) is 14.2 Å². The number of nitrogens with one attached hydrogen (secondary N) is 1. The van der Waals surface area contributed by atoms with Gasteiger partial charge >= 0.3 is 0 Å². The summed E-state index contributed by atoms with van der Waals surface area (Å²) < 4.78 is 16.6. The first-order valence-electron chi connectivity index (χ1n) is 8.05. The molecule has 0 radical (unpaired) electrons. The van der Waals surface area contributed by atoms with Gasteiger partial charge in [-0.05, 0) is 31.0 Å². The van der Waals surface area contributed by atoms with Crippen LogP contribution in [-0.4, -0.2) is 36.8 Å². The predicted molar refractivity (Wildman–Crippen MR) is 90.8 cm³/mol. The minimum absolute atomic E-state index is 0.0437. The monoisotopic (exact) mass is 346 g/mol. The molecule has 1 aromatic heterocycles. The quantitative estimate of drug-likeness (QED) is 0.921. The lowest BCUT2D eigenvalue weighted by Gasteiger charge is -2.18. The van der Waals surface area contributed by atoms with Crippen molar-refractivity contribution in [3.05, 3.63) is 23.6 Å². The van der Waals surface area contributed by atoms with Crippen LogP contribution < -0.4 is 14.8 Å². The second-order valence-corrected chi connectivity index (χ2v) is 6.64. The lowest BCUT2D eigenvalue weighted by molar-refractivity contribution is -0.118. The summed E-state index contributed by atoms with van der Waals surface area (Å²) in [5.41, 5.74) is 1.75. The van der Waals surface area contributed by atoms with Crippen molar-refractivity contribution in [1.82, 2.24) is 4.98 Å². The number of hydrogen-bond donors (Lipinski definition) is 1. The van der Waals surface area contributed by atoms with Crippen molar-refractivity contribution in [3.8, 4) is 22.8 Å². The molecule has 2 aromatic rings. The van der Waals surface area contributed by atoms with Crippen molar-refractivity contribution >= 4 is 22.4 Å². The number of benzene rings is 1. The summed E-state index contributed by atoms with van der Waals surface area (Å²) in [6.45, 7) is 1.88. The zero-order valence-corrected chi connectivity index (χ0v) is 13.9. The maximum absolute atomic E-state index is 12.0. The number of carbonyl (C=O) groups excluding carboxylic acids is 1. The second kappa shape index (κ2) is 6.78. The number of hydrogen-bond acceptors (Lipinski definition) is 6. The van der Waals surface area contributed by atoms with Gasteiger partial charge in [-0.25, -0.2) is 4.98 Å². The van der Waals surface area contributed by atoms with E-state index < -0.39 is 0 Å². The van der Waals surface area contributed by atoms with Gasteiger partial charge in [-0.3, -0.25) is 4.79 Å². The highest BCUT2D eigenvalue weighted by atomic mass is 32.1. The molecule has 0 saturated carbocycles. The SMILES string of the molecule is O=C(CC1CCCO1)Nc1nc(-c2ccc3c(c2)OCCO3)cs1. The van der Waals surface area contributed by atoms with E-state index in [2.05, 4.69) is 10.3 Å². The molecule has 24 heavy (non-hydrogen) atoms. The highest BCUT2D eigenvalue weighted by molar-refractivity contribution is 7.14. The van der Waals surface area contributed by atoms with Crippen LogP contribution in [0.1, 0.15) is 19.3 Å². The van der Waals surface area contributed by atoms with Crippen LogP contribution in [0.3, 0.4) is 0 Å². The predicted octanol–water partition coefficient (Wildman–Crippen LogP) is 3.09. The van der Waals surface area contributed by atoms with Crippen LogP contribution in [0.5, 0.6) is 11.5 Å². The fraction of sp³-hybridized carbons (Fsp3) is 0.412. The zero-order chi connectivity index (χ0) is 16.4. The molecule has 126 valence electrons. The first-order valence-corrected chi connectivity index (χ1v) is 8.93. The van der Waals surface area contributed by atoms with Gasteiger partial charge in [0.2, 0.25) is 5.91 Å². The Hall–Kier alpha value is -2.12. The molecule has 7 heteroatoms. The van der Waals surface area contributed by atoms with E-state index >= 15 is 0 Å². The molecule has 1 unspecified atom stereocenters. The van der Waals surface area contributed by atoms with Gasteiger partial charge in [0.05, 0.1) is 18.2 Å². The summed E-state index contributed by atoms with van der Waals surface area (Å²) in [4.78, 5) is 16.5. The van der Waals surface area contributed by atoms with E-state index in [1.807, 2.05) is 23.6 Å². The van der Waals surface area contributed by atoms with Crippen molar-refractivity contribution < 1.29 is 19.0 Å². The van der Waals surface area contributed by atoms with Crippen molar-refractivity contribution in [2.24, 2.45) is 0 Å². The summed E-state index contributed by atoms with van der Waals surface area (Å²) in [6, 6.07) is 5.75. The molecular formula is C17H18N2O4S. The number of nitrogens with zero attached hydrogens (tertiary/aromatic N) is 1. The first kappa shape index (κ1) is 15.4. The smallest absolute Gasteiger partial charge is 0.228 e. The molecule has 1 saturated heterocycles. The molecule has 0 aliphatic carbocycles. The van der Waals surface area contributed by atoms with Crippen molar-refractivity contribution in [3.63, 3.8) is 0 Å². The fourth-order valence-electron chi connectivity index (χ4n) is 2.85. The molecule has 6 nitrogen and oxygen atoms in total. The van der Waals surface area contributed by atoms with E-state index in [9.17, 15) is 4.79 Å². The van der Waals surface area contributed by atoms with Crippen LogP contribution in [-0.2, 0) is 9.53 Å². The van der Waals surface area contributed by atoms with Gasteiger partial charge in [0, 0.05) is 17.6 Å². The number of thiazole rings is 1. The van der Waals surface area contributed by atoms with Gasteiger partial charge in [-0.2, -0.15) is 0 Å². The minimum Gasteiger partial charge on any atom is -0.486 e. The molecule has 2 aliphatic rings. The highest BCUT2D eigenvalue weighted by Gasteiger charge is 2.20. The largest absolute Gasteiger partial charge is 0.486 e. The molecule has 1 atom stereocenters. The average Bonchev–Trinajstić information content (AvgIpc) is 3.26. The van der Waals surface area contributed by atoms with Gasteiger partial charge in [0.25, 0.3) is 0 Å². The summed E-state index contributed by atoms with van der Waals surface area (Å²) in [5, 5.41) is 5.38. The standard InChI is InChI=1S/C17H18N2O4S/c20-16(9-12-2-1-5-21-12)19-17-18-13(10-24-17)11-3-4-14-15(8-11)23-7-6-22-14/h3-4,8,10,12H,1-2,5-7,9H2,(H,18,19,20).